The molecule has 0 spiro atoms. The van der Waals surface area contributed by atoms with Crippen LogP contribution < -0.4 is 5.32 Å². The second-order valence-corrected chi connectivity index (χ2v) is 5.89. The van der Waals surface area contributed by atoms with Crippen molar-refractivity contribution in [1.29, 1.82) is 0 Å². The normalized spacial score (nSPS) is 19.9. The highest BCUT2D eigenvalue weighted by molar-refractivity contribution is 7.16. The molecule has 17 heavy (non-hydrogen) atoms. The highest BCUT2D eigenvalue weighted by atomic mass is 35.5. The van der Waals surface area contributed by atoms with Gasteiger partial charge in [0.05, 0.1) is 23.7 Å². The summed E-state index contributed by atoms with van der Waals surface area (Å²) in [7, 11) is 0. The van der Waals surface area contributed by atoms with Gasteiger partial charge in [-0.3, -0.25) is 0 Å². The smallest absolute Gasteiger partial charge is 0.0931 e. The van der Waals surface area contributed by atoms with Crippen molar-refractivity contribution in [1.82, 2.24) is 5.32 Å². The van der Waals surface area contributed by atoms with Gasteiger partial charge in [-0.05, 0) is 25.0 Å². The van der Waals surface area contributed by atoms with E-state index in [4.69, 9.17) is 21.1 Å². The molecule has 1 atom stereocenters. The Labute approximate surface area is 111 Å². The van der Waals surface area contributed by atoms with E-state index >= 15 is 0 Å². The van der Waals surface area contributed by atoms with Gasteiger partial charge in [-0.1, -0.05) is 11.6 Å². The Morgan fingerprint density at radius 3 is 3.18 bits per heavy atom. The average Bonchev–Trinajstić information content (AvgIpc) is 2.95. The first-order valence-electron chi connectivity index (χ1n) is 5.99. The molecular weight excluding hydrogens is 258 g/mol. The van der Waals surface area contributed by atoms with E-state index < -0.39 is 0 Å². The van der Waals surface area contributed by atoms with Crippen LogP contribution in [-0.4, -0.2) is 32.5 Å². The molecule has 0 radical (unpaired) electrons. The third kappa shape index (κ3) is 4.94. The van der Waals surface area contributed by atoms with Crippen LogP contribution in [0.3, 0.4) is 0 Å². The summed E-state index contributed by atoms with van der Waals surface area (Å²) < 4.78 is 11.9. The zero-order valence-corrected chi connectivity index (χ0v) is 11.4. The third-order valence-electron chi connectivity index (χ3n) is 2.68. The Morgan fingerprint density at radius 2 is 2.47 bits per heavy atom. The van der Waals surface area contributed by atoms with Gasteiger partial charge in [0.15, 0.2) is 0 Å². The predicted octanol–water partition coefficient (Wildman–Crippen LogP) is 2.69. The molecule has 0 saturated carbocycles. The third-order valence-corrected chi connectivity index (χ3v) is 3.91. The SMILES string of the molecule is Clc1ccc(CNCCOCC2CCCO2)s1. The number of hydrogen-bond acceptors (Lipinski definition) is 4. The predicted molar refractivity (Wildman–Crippen MR) is 70.8 cm³/mol. The van der Waals surface area contributed by atoms with E-state index in [1.165, 1.54) is 11.3 Å². The largest absolute Gasteiger partial charge is 0.377 e. The Morgan fingerprint density at radius 1 is 1.53 bits per heavy atom. The molecule has 1 unspecified atom stereocenters. The summed E-state index contributed by atoms with van der Waals surface area (Å²) in [6, 6.07) is 3.98. The standard InChI is InChI=1S/C12H18ClNO2S/c13-12-4-3-11(17-12)8-14-5-7-15-9-10-2-1-6-16-10/h3-4,10,14H,1-2,5-9H2. The molecule has 1 fully saturated rings. The molecule has 1 saturated heterocycles. The van der Waals surface area contributed by atoms with E-state index in [-0.39, 0.29) is 0 Å². The fraction of sp³-hybridized carbons (Fsp3) is 0.667. The Kier molecular flexibility index (Phi) is 5.74. The lowest BCUT2D eigenvalue weighted by molar-refractivity contribution is 0.0183. The van der Waals surface area contributed by atoms with E-state index in [2.05, 4.69) is 5.32 Å². The Balaban J connectivity index is 1.46. The van der Waals surface area contributed by atoms with Gasteiger partial charge in [-0.15, -0.1) is 11.3 Å². The second-order valence-electron chi connectivity index (χ2n) is 4.09. The van der Waals surface area contributed by atoms with E-state index in [0.717, 1.165) is 43.7 Å². The maximum absolute atomic E-state index is 5.85. The number of rotatable bonds is 7. The van der Waals surface area contributed by atoms with Gasteiger partial charge in [-0.25, -0.2) is 0 Å². The van der Waals surface area contributed by atoms with E-state index in [1.54, 1.807) is 11.3 Å². The van der Waals surface area contributed by atoms with Crippen molar-refractivity contribution in [3.63, 3.8) is 0 Å². The molecule has 0 bridgehead atoms. The van der Waals surface area contributed by atoms with Crippen LogP contribution in [0.2, 0.25) is 4.34 Å². The fourth-order valence-corrected chi connectivity index (χ4v) is 2.85. The van der Waals surface area contributed by atoms with Gasteiger partial charge in [0.2, 0.25) is 0 Å². The maximum atomic E-state index is 5.85. The van der Waals surface area contributed by atoms with Crippen LogP contribution in [0, 0.1) is 0 Å². The van der Waals surface area contributed by atoms with Crippen molar-refractivity contribution in [3.8, 4) is 0 Å². The second kappa shape index (κ2) is 7.34. The summed E-state index contributed by atoms with van der Waals surface area (Å²) in [5.41, 5.74) is 0. The molecule has 5 heteroatoms. The number of ether oxygens (including phenoxy) is 2. The van der Waals surface area contributed by atoms with Crippen LogP contribution >= 0.6 is 22.9 Å². The molecule has 1 aliphatic heterocycles. The summed E-state index contributed by atoms with van der Waals surface area (Å²) in [6.07, 6.45) is 2.64. The molecule has 0 aromatic carbocycles. The van der Waals surface area contributed by atoms with Crippen LogP contribution in [-0.2, 0) is 16.0 Å². The summed E-state index contributed by atoms with van der Waals surface area (Å²) >= 11 is 7.46. The molecule has 0 aliphatic carbocycles. The topological polar surface area (TPSA) is 30.5 Å². The first-order valence-corrected chi connectivity index (χ1v) is 7.18. The number of thiophene rings is 1. The molecular formula is C12H18ClNO2S. The highest BCUT2D eigenvalue weighted by Gasteiger charge is 2.14. The van der Waals surface area contributed by atoms with Crippen LogP contribution in [0.5, 0.6) is 0 Å². The van der Waals surface area contributed by atoms with Gasteiger partial charge in [-0.2, -0.15) is 0 Å². The van der Waals surface area contributed by atoms with Gasteiger partial charge >= 0.3 is 0 Å². The van der Waals surface area contributed by atoms with Crippen LogP contribution in [0.1, 0.15) is 17.7 Å². The molecule has 1 aliphatic rings. The lowest BCUT2D eigenvalue weighted by Gasteiger charge is -2.10. The Hall–Kier alpha value is -0.130. The van der Waals surface area contributed by atoms with Crippen LogP contribution in [0.4, 0.5) is 0 Å². The summed E-state index contributed by atoms with van der Waals surface area (Å²) in [4.78, 5) is 1.26. The summed E-state index contributed by atoms with van der Waals surface area (Å²) in [6.45, 7) is 4.08. The van der Waals surface area contributed by atoms with E-state index in [9.17, 15) is 0 Å². The number of nitrogens with one attached hydrogen (secondary N) is 1. The fourth-order valence-electron chi connectivity index (χ4n) is 1.79. The lowest BCUT2D eigenvalue weighted by Crippen LogP contribution is -2.22. The molecule has 0 amide bonds. The van der Waals surface area contributed by atoms with Gasteiger partial charge in [0.25, 0.3) is 0 Å². The summed E-state index contributed by atoms with van der Waals surface area (Å²) in [5, 5.41) is 3.33. The lowest BCUT2D eigenvalue weighted by atomic mass is 10.2. The molecule has 1 N–H and O–H groups in total. The van der Waals surface area contributed by atoms with Crippen molar-refractivity contribution in [2.75, 3.05) is 26.4 Å². The number of halogens is 1. The van der Waals surface area contributed by atoms with Crippen molar-refractivity contribution >= 4 is 22.9 Å². The zero-order valence-electron chi connectivity index (χ0n) is 9.78. The van der Waals surface area contributed by atoms with Crippen molar-refractivity contribution in [2.45, 2.75) is 25.5 Å². The molecule has 2 rings (SSSR count). The van der Waals surface area contributed by atoms with Crippen molar-refractivity contribution in [2.24, 2.45) is 0 Å². The Bertz CT molecular complexity index is 326. The molecule has 3 nitrogen and oxygen atoms in total. The first-order chi connectivity index (χ1) is 8.34. The molecule has 96 valence electrons. The van der Waals surface area contributed by atoms with E-state index in [1.807, 2.05) is 12.1 Å². The quantitative estimate of drug-likeness (QED) is 0.776. The highest BCUT2D eigenvalue weighted by Crippen LogP contribution is 2.20. The maximum Gasteiger partial charge on any atom is 0.0931 e. The van der Waals surface area contributed by atoms with E-state index in [0.29, 0.717) is 6.10 Å². The van der Waals surface area contributed by atoms with Gasteiger partial charge in [0.1, 0.15) is 0 Å². The minimum Gasteiger partial charge on any atom is -0.377 e. The monoisotopic (exact) mass is 275 g/mol. The van der Waals surface area contributed by atoms with Gasteiger partial charge < -0.3 is 14.8 Å². The minimum absolute atomic E-state index is 0.325. The molecule has 1 aromatic heterocycles. The summed E-state index contributed by atoms with van der Waals surface area (Å²) in [5.74, 6) is 0. The van der Waals surface area contributed by atoms with Crippen molar-refractivity contribution in [3.05, 3.63) is 21.3 Å². The average molecular weight is 276 g/mol. The molecule has 2 heterocycles. The van der Waals surface area contributed by atoms with Crippen LogP contribution in [0.15, 0.2) is 12.1 Å². The minimum atomic E-state index is 0.325. The van der Waals surface area contributed by atoms with Crippen molar-refractivity contribution < 1.29 is 9.47 Å². The molecule has 1 aromatic rings. The first kappa shape index (κ1) is 13.3. The van der Waals surface area contributed by atoms with Crippen LogP contribution in [0.25, 0.3) is 0 Å². The zero-order chi connectivity index (χ0) is 11.9. The van der Waals surface area contributed by atoms with Gasteiger partial charge in [0, 0.05) is 24.6 Å². The number of hydrogen-bond donors (Lipinski definition) is 1.